The highest BCUT2D eigenvalue weighted by atomic mass is 16.2. The van der Waals surface area contributed by atoms with Gasteiger partial charge in [0, 0.05) is 18.7 Å². The van der Waals surface area contributed by atoms with Gasteiger partial charge in [-0.25, -0.2) is 0 Å². The number of carbonyl (C=O) groups excluding carboxylic acids is 2. The lowest BCUT2D eigenvalue weighted by molar-refractivity contribution is -0.125. The molecule has 23 heavy (non-hydrogen) atoms. The van der Waals surface area contributed by atoms with E-state index in [-0.39, 0.29) is 17.7 Å². The normalized spacial score (nSPS) is 31.7. The van der Waals surface area contributed by atoms with Crippen LogP contribution in [0.2, 0.25) is 0 Å². The predicted molar refractivity (Wildman–Crippen MR) is 88.7 cm³/mol. The fourth-order valence-electron chi connectivity index (χ4n) is 4.19. The van der Waals surface area contributed by atoms with Crippen LogP contribution in [-0.2, 0) is 16.0 Å². The van der Waals surface area contributed by atoms with E-state index in [1.165, 1.54) is 12.8 Å². The van der Waals surface area contributed by atoms with Gasteiger partial charge in [0.15, 0.2) is 0 Å². The van der Waals surface area contributed by atoms with Crippen molar-refractivity contribution in [3.05, 3.63) is 42.0 Å². The Morgan fingerprint density at radius 1 is 1.09 bits per heavy atom. The van der Waals surface area contributed by atoms with E-state index in [1.807, 2.05) is 0 Å². The van der Waals surface area contributed by atoms with E-state index in [2.05, 4.69) is 47.1 Å². The molecule has 2 fully saturated rings. The van der Waals surface area contributed by atoms with Crippen molar-refractivity contribution in [3.8, 4) is 0 Å². The largest absolute Gasteiger partial charge is 0.385 e. The van der Waals surface area contributed by atoms with Gasteiger partial charge in [-0.3, -0.25) is 14.9 Å². The van der Waals surface area contributed by atoms with Crippen molar-refractivity contribution in [2.75, 3.05) is 11.9 Å². The van der Waals surface area contributed by atoms with Gasteiger partial charge >= 0.3 is 0 Å². The van der Waals surface area contributed by atoms with Crippen LogP contribution in [0.5, 0.6) is 0 Å². The second kappa shape index (κ2) is 5.84. The maximum Gasteiger partial charge on any atom is 0.230 e. The van der Waals surface area contributed by atoms with Crippen LogP contribution < -0.4 is 10.6 Å². The van der Waals surface area contributed by atoms with Gasteiger partial charge < -0.3 is 5.32 Å². The van der Waals surface area contributed by atoms with Crippen molar-refractivity contribution in [3.63, 3.8) is 0 Å². The van der Waals surface area contributed by atoms with Crippen molar-refractivity contribution in [1.82, 2.24) is 5.32 Å². The topological polar surface area (TPSA) is 58.2 Å². The van der Waals surface area contributed by atoms with Gasteiger partial charge in [0.2, 0.25) is 11.8 Å². The summed E-state index contributed by atoms with van der Waals surface area (Å²) in [5.41, 5.74) is 2.24. The molecule has 1 heterocycles. The van der Waals surface area contributed by atoms with E-state index in [0.717, 1.165) is 35.5 Å². The lowest BCUT2D eigenvalue weighted by Crippen LogP contribution is -2.22. The second-order valence-electron chi connectivity index (χ2n) is 7.14. The number of fused-ring (bicyclic) bond motifs is 2. The van der Waals surface area contributed by atoms with E-state index >= 15 is 0 Å². The Hall–Kier alpha value is -2.10. The predicted octanol–water partition coefficient (Wildman–Crippen LogP) is 2.52. The van der Waals surface area contributed by atoms with Crippen LogP contribution in [0.15, 0.2) is 36.4 Å². The molecule has 3 aliphatic rings. The van der Waals surface area contributed by atoms with E-state index in [1.54, 1.807) is 0 Å². The third kappa shape index (κ3) is 3.03. The molecule has 2 aliphatic carbocycles. The Kier molecular flexibility index (Phi) is 3.68. The van der Waals surface area contributed by atoms with Crippen LogP contribution in [-0.4, -0.2) is 18.4 Å². The van der Waals surface area contributed by atoms with Gasteiger partial charge in [-0.1, -0.05) is 24.3 Å². The lowest BCUT2D eigenvalue weighted by Gasteiger charge is -2.19. The first kappa shape index (κ1) is 14.5. The Balaban J connectivity index is 1.30. The van der Waals surface area contributed by atoms with Crippen LogP contribution in [0.25, 0.3) is 0 Å². The summed E-state index contributed by atoms with van der Waals surface area (Å²) in [6.07, 6.45) is 8.37. The minimum absolute atomic E-state index is 0.137. The molecule has 1 aliphatic heterocycles. The average Bonchev–Trinajstić information content (AvgIpc) is 3.23. The molecule has 4 heteroatoms. The van der Waals surface area contributed by atoms with Crippen LogP contribution >= 0.6 is 0 Å². The quantitative estimate of drug-likeness (QED) is 0.649. The Morgan fingerprint density at radius 2 is 1.91 bits per heavy atom. The Morgan fingerprint density at radius 3 is 2.52 bits per heavy atom. The monoisotopic (exact) mass is 310 g/mol. The van der Waals surface area contributed by atoms with Gasteiger partial charge in [-0.05, 0) is 54.7 Å². The van der Waals surface area contributed by atoms with Gasteiger partial charge in [0.05, 0.1) is 5.92 Å². The van der Waals surface area contributed by atoms with E-state index < -0.39 is 0 Å². The SMILES string of the molecule is O=C1C[C@H](Cc2ccc(NC[C@H]3C[C@H]4C=C[C@H]3C4)cc2)C(=O)N1. The molecule has 0 unspecified atom stereocenters. The number of rotatable bonds is 5. The molecular formula is C19H22N2O2. The van der Waals surface area contributed by atoms with Crippen molar-refractivity contribution >= 4 is 17.5 Å². The standard InChI is InChI=1S/C19H22N2O2/c22-18-10-15(19(23)21-18)7-12-2-5-17(6-3-12)20-11-16-9-13-1-4-14(16)8-13/h1-6,13-16,20H,7-11H2,(H,21,22,23)/t13-,14-,15-,16+/m0/s1. The minimum Gasteiger partial charge on any atom is -0.385 e. The molecule has 2 amide bonds. The third-order valence-electron chi connectivity index (χ3n) is 5.49. The maximum absolute atomic E-state index is 11.6. The smallest absolute Gasteiger partial charge is 0.230 e. The van der Waals surface area contributed by atoms with Crippen LogP contribution in [0.3, 0.4) is 0 Å². The van der Waals surface area contributed by atoms with Crippen molar-refractivity contribution in [2.24, 2.45) is 23.7 Å². The van der Waals surface area contributed by atoms with Crippen molar-refractivity contribution in [2.45, 2.75) is 25.7 Å². The van der Waals surface area contributed by atoms with Crippen molar-refractivity contribution in [1.29, 1.82) is 0 Å². The molecule has 4 atom stereocenters. The fraction of sp³-hybridized carbons (Fsp3) is 0.474. The van der Waals surface area contributed by atoms with Crippen LogP contribution in [0, 0.1) is 23.7 Å². The molecule has 2 bridgehead atoms. The van der Waals surface area contributed by atoms with Crippen LogP contribution in [0.1, 0.15) is 24.8 Å². The van der Waals surface area contributed by atoms with E-state index in [0.29, 0.717) is 12.8 Å². The van der Waals surface area contributed by atoms with Crippen LogP contribution in [0.4, 0.5) is 5.69 Å². The fourth-order valence-corrected chi connectivity index (χ4v) is 4.19. The number of hydrogen-bond acceptors (Lipinski definition) is 3. The number of carbonyl (C=O) groups is 2. The Labute approximate surface area is 136 Å². The molecule has 1 saturated carbocycles. The summed E-state index contributed by atoms with van der Waals surface area (Å²) < 4.78 is 0. The molecule has 1 saturated heterocycles. The van der Waals surface area contributed by atoms with Gasteiger partial charge in [0.1, 0.15) is 0 Å². The zero-order valence-electron chi connectivity index (χ0n) is 13.1. The highest BCUT2D eigenvalue weighted by Gasteiger charge is 2.35. The molecule has 0 spiro atoms. The number of nitrogens with one attached hydrogen (secondary N) is 2. The highest BCUT2D eigenvalue weighted by Crippen LogP contribution is 2.43. The maximum atomic E-state index is 11.6. The molecule has 2 N–H and O–H groups in total. The number of imide groups is 1. The van der Waals surface area contributed by atoms with Crippen molar-refractivity contribution < 1.29 is 9.59 Å². The zero-order chi connectivity index (χ0) is 15.8. The number of allylic oxidation sites excluding steroid dienone is 2. The van der Waals surface area contributed by atoms with Gasteiger partial charge in [-0.2, -0.15) is 0 Å². The summed E-state index contributed by atoms with van der Waals surface area (Å²) in [4.78, 5) is 22.8. The Bertz CT molecular complexity index is 650. The summed E-state index contributed by atoms with van der Waals surface area (Å²) >= 11 is 0. The number of amides is 2. The third-order valence-corrected chi connectivity index (χ3v) is 5.49. The summed E-state index contributed by atoms with van der Waals surface area (Å²) in [7, 11) is 0. The highest BCUT2D eigenvalue weighted by molar-refractivity contribution is 6.03. The number of benzene rings is 1. The molecule has 4 rings (SSSR count). The first-order valence-electron chi connectivity index (χ1n) is 8.52. The second-order valence-corrected chi connectivity index (χ2v) is 7.14. The summed E-state index contributed by atoms with van der Waals surface area (Å²) in [5, 5.41) is 5.91. The molecular weight excluding hydrogens is 288 g/mol. The van der Waals surface area contributed by atoms with Gasteiger partial charge in [-0.15, -0.1) is 0 Å². The zero-order valence-corrected chi connectivity index (χ0v) is 13.1. The van der Waals surface area contributed by atoms with E-state index in [4.69, 9.17) is 0 Å². The number of anilines is 1. The molecule has 1 aromatic carbocycles. The number of hydrogen-bond donors (Lipinski definition) is 2. The molecule has 1 aromatic rings. The average molecular weight is 310 g/mol. The lowest BCUT2D eigenvalue weighted by atomic mass is 9.93. The summed E-state index contributed by atoms with van der Waals surface area (Å²) in [5.74, 6) is 1.85. The first-order chi connectivity index (χ1) is 11.2. The minimum atomic E-state index is -0.206. The van der Waals surface area contributed by atoms with E-state index in [9.17, 15) is 9.59 Å². The molecule has 4 nitrogen and oxygen atoms in total. The molecule has 0 radical (unpaired) electrons. The summed E-state index contributed by atoms with van der Waals surface area (Å²) in [6, 6.07) is 8.26. The first-order valence-corrected chi connectivity index (χ1v) is 8.52. The van der Waals surface area contributed by atoms with Gasteiger partial charge in [0.25, 0.3) is 0 Å². The summed E-state index contributed by atoms with van der Waals surface area (Å²) in [6.45, 7) is 1.03. The molecule has 120 valence electrons. The molecule has 0 aromatic heterocycles.